The highest BCUT2D eigenvalue weighted by Gasteiger charge is 2.36. The van der Waals surface area contributed by atoms with Crippen molar-refractivity contribution in [2.24, 2.45) is 0 Å². The van der Waals surface area contributed by atoms with Crippen LogP contribution in [0.3, 0.4) is 0 Å². The van der Waals surface area contributed by atoms with Gasteiger partial charge in [-0.1, -0.05) is 24.3 Å². The van der Waals surface area contributed by atoms with Crippen LogP contribution in [0.25, 0.3) is 67.1 Å². The van der Waals surface area contributed by atoms with Gasteiger partial charge in [-0.2, -0.15) is 39.5 Å². The number of carboxylic acid groups (broad SMARTS) is 1. The fourth-order valence-electron chi connectivity index (χ4n) is 6.82. The van der Waals surface area contributed by atoms with Crippen LogP contribution in [0, 0.1) is 17.5 Å². The highest BCUT2D eigenvalue weighted by Crippen LogP contribution is 2.37. The predicted octanol–water partition coefficient (Wildman–Crippen LogP) is 13.0. The minimum Gasteiger partial charge on any atom is -0.478 e. The third kappa shape index (κ3) is 10.9. The van der Waals surface area contributed by atoms with E-state index in [-0.39, 0.29) is 28.8 Å². The fraction of sp³-hybridized carbons (Fsp3) is 0.0625. The number of carboxylic acids is 1. The van der Waals surface area contributed by atoms with Crippen LogP contribution in [-0.4, -0.2) is 31.0 Å². The molecule has 0 bridgehead atoms. The van der Waals surface area contributed by atoms with Crippen LogP contribution in [0.15, 0.2) is 127 Å². The lowest BCUT2D eigenvalue weighted by Crippen LogP contribution is -2.10. The zero-order chi connectivity index (χ0) is 51.0. The molecule has 0 spiro atoms. The molecule has 2 aromatic heterocycles. The number of aromatic amines is 2. The first-order chi connectivity index (χ1) is 32.8. The van der Waals surface area contributed by atoms with E-state index >= 15 is 0 Å². The molecule has 0 radical (unpaired) electrons. The van der Waals surface area contributed by atoms with Crippen LogP contribution in [0.1, 0.15) is 27.0 Å². The molecule has 0 aliphatic rings. The SMILES string of the molecule is Fc1ccc(-c2nc3ccc(-c4ccc5nc(-c6ccc(F)c(C(F)(F)F)c6)[nH]c5c4)cc3[nH]2)cc1C(F)(F)F.Nc1ccc(-c2ccc(N)c(N)c2)cc1N.O=C(O)c1ccc(F)c(C(F)(F)F)c1. The Morgan fingerprint density at radius 2 is 0.743 bits per heavy atom. The molecule has 11 N–H and O–H groups in total. The molecule has 0 atom stereocenters. The quantitative estimate of drug-likeness (QED) is 0.0652. The number of carbonyl (C=O) groups is 1. The van der Waals surface area contributed by atoms with Crippen molar-refractivity contribution in [3.63, 3.8) is 0 Å². The number of aromatic nitrogens is 4. The average Bonchev–Trinajstić information content (AvgIpc) is 3.92. The van der Waals surface area contributed by atoms with Gasteiger partial charge in [0.1, 0.15) is 29.1 Å². The van der Waals surface area contributed by atoms with E-state index in [0.717, 1.165) is 29.3 Å². The van der Waals surface area contributed by atoms with Crippen LogP contribution in [0.4, 0.5) is 75.4 Å². The number of fused-ring (bicyclic) bond motifs is 2. The van der Waals surface area contributed by atoms with Crippen LogP contribution in [0.5, 0.6) is 0 Å². The molecule has 0 fully saturated rings. The standard InChI is InChI=1S/C28H14F8N4.C12H14N4.C8H4F4O2/c29-19-5-1-15(9-17(19)27(31,32)33)25-37-21-7-3-13(11-23(21)39-25)14-4-8-22-24(12-14)40-26(38-22)16-2-6-20(30)18(10-16)28(34,35)36;13-9-3-1-7(5-11(9)15)8-2-4-10(14)12(16)6-8;9-6-2-1-4(7(13)14)3-5(6)8(10,11)12/h1-12H,(H,37,39)(H,38,40);1-6H,13-16H2;1-3H,(H,13,14). The molecule has 0 unspecified atom stereocenters. The van der Waals surface area contributed by atoms with Gasteiger partial charge in [0.25, 0.3) is 0 Å². The lowest BCUT2D eigenvalue weighted by atomic mass is 10.0. The number of imidazole rings is 2. The number of rotatable bonds is 5. The first-order valence-electron chi connectivity index (χ1n) is 19.9. The van der Waals surface area contributed by atoms with E-state index < -0.39 is 64.2 Å². The number of hydrogen-bond acceptors (Lipinski definition) is 7. The summed E-state index contributed by atoms with van der Waals surface area (Å²) in [6.45, 7) is 0. The number of halogens is 12. The maximum Gasteiger partial charge on any atom is 0.419 e. The summed E-state index contributed by atoms with van der Waals surface area (Å²) in [6.07, 6.45) is -14.6. The lowest BCUT2D eigenvalue weighted by Gasteiger charge is -2.08. The second-order valence-electron chi connectivity index (χ2n) is 15.2. The Labute approximate surface area is 386 Å². The molecule has 2 heterocycles. The number of H-pyrrole nitrogens is 2. The predicted molar refractivity (Wildman–Crippen MR) is 240 cm³/mol. The van der Waals surface area contributed by atoms with Gasteiger partial charge in [-0.05, 0) is 125 Å². The molecule has 9 aromatic rings. The Kier molecular flexibility index (Phi) is 13.2. The van der Waals surface area contributed by atoms with Crippen molar-refractivity contribution in [3.8, 4) is 45.0 Å². The molecule has 0 saturated carbocycles. The van der Waals surface area contributed by atoms with E-state index in [2.05, 4.69) is 19.9 Å². The normalized spacial score (nSPS) is 11.8. The van der Waals surface area contributed by atoms with Crippen LogP contribution < -0.4 is 22.9 Å². The van der Waals surface area contributed by atoms with E-state index in [1.54, 1.807) is 48.5 Å². The molecule has 0 saturated heterocycles. The van der Waals surface area contributed by atoms with Gasteiger partial charge < -0.3 is 38.0 Å². The van der Waals surface area contributed by atoms with Crippen molar-refractivity contribution in [3.05, 3.63) is 167 Å². The zero-order valence-electron chi connectivity index (χ0n) is 35.2. The van der Waals surface area contributed by atoms with Crippen molar-refractivity contribution in [1.82, 2.24) is 19.9 Å². The highest BCUT2D eigenvalue weighted by atomic mass is 19.4. The van der Waals surface area contributed by atoms with Gasteiger partial charge in [-0.25, -0.2) is 27.9 Å². The van der Waals surface area contributed by atoms with Crippen LogP contribution >= 0.6 is 0 Å². The van der Waals surface area contributed by atoms with Crippen LogP contribution in [-0.2, 0) is 18.5 Å². The number of nitrogens with one attached hydrogen (secondary N) is 2. The smallest absolute Gasteiger partial charge is 0.419 e. The summed E-state index contributed by atoms with van der Waals surface area (Å²) in [5, 5.41) is 8.38. The second-order valence-corrected chi connectivity index (χ2v) is 15.2. The molecule has 0 aliphatic carbocycles. The van der Waals surface area contributed by atoms with Gasteiger partial charge in [-0.15, -0.1) is 0 Å². The van der Waals surface area contributed by atoms with E-state index in [9.17, 15) is 57.5 Å². The maximum atomic E-state index is 13.7. The number of benzene rings is 7. The number of alkyl halides is 9. The lowest BCUT2D eigenvalue weighted by molar-refractivity contribution is -0.140. The Hall–Kier alpha value is -8.69. The number of hydrogen-bond donors (Lipinski definition) is 7. The van der Waals surface area contributed by atoms with Gasteiger partial charge in [0.15, 0.2) is 0 Å². The summed E-state index contributed by atoms with van der Waals surface area (Å²) in [5.74, 6) is -5.52. The summed E-state index contributed by atoms with van der Waals surface area (Å²) in [7, 11) is 0. The van der Waals surface area contributed by atoms with Gasteiger partial charge in [0, 0.05) is 11.1 Å². The molecule has 22 heteroatoms. The Bertz CT molecular complexity index is 3250. The minimum absolute atomic E-state index is 0.0624. The van der Waals surface area contributed by atoms with E-state index in [4.69, 9.17) is 28.0 Å². The van der Waals surface area contributed by atoms with Gasteiger partial charge >= 0.3 is 24.5 Å². The van der Waals surface area contributed by atoms with E-state index in [1.807, 2.05) is 24.3 Å². The van der Waals surface area contributed by atoms with Crippen molar-refractivity contribution in [2.45, 2.75) is 18.5 Å². The summed E-state index contributed by atoms with van der Waals surface area (Å²) >= 11 is 0. The van der Waals surface area contributed by atoms with E-state index in [0.29, 0.717) is 74.1 Å². The van der Waals surface area contributed by atoms with Crippen molar-refractivity contribution >= 4 is 50.8 Å². The number of nitrogens with two attached hydrogens (primary N) is 4. The first kappa shape index (κ1) is 49.2. The zero-order valence-corrected chi connectivity index (χ0v) is 35.2. The summed E-state index contributed by atoms with van der Waals surface area (Å²) in [4.78, 5) is 24.9. The monoisotopic (exact) mass is 980 g/mol. The Morgan fingerprint density at radius 1 is 0.414 bits per heavy atom. The molecule has 0 amide bonds. The third-order valence-electron chi connectivity index (χ3n) is 10.4. The van der Waals surface area contributed by atoms with Crippen molar-refractivity contribution in [1.29, 1.82) is 0 Å². The second kappa shape index (κ2) is 18.8. The number of aromatic carboxylic acids is 1. The van der Waals surface area contributed by atoms with Gasteiger partial charge in [-0.3, -0.25) is 0 Å². The van der Waals surface area contributed by atoms with Crippen LogP contribution in [0.2, 0.25) is 0 Å². The summed E-state index contributed by atoms with van der Waals surface area (Å²) < 4.78 is 155. The molecular weight excluding hydrogens is 949 g/mol. The molecule has 360 valence electrons. The van der Waals surface area contributed by atoms with Gasteiger partial charge in [0.05, 0.1) is 67.1 Å². The summed E-state index contributed by atoms with van der Waals surface area (Å²) in [5.41, 5.74) is 25.6. The molecular formula is C48H32F12N8O2. The Balaban J connectivity index is 0.000000196. The first-order valence-corrected chi connectivity index (χ1v) is 19.9. The fourth-order valence-corrected chi connectivity index (χ4v) is 6.82. The third-order valence-corrected chi connectivity index (χ3v) is 10.4. The average molecular weight is 981 g/mol. The number of nitrogen functional groups attached to an aromatic ring is 4. The molecule has 70 heavy (non-hydrogen) atoms. The van der Waals surface area contributed by atoms with Gasteiger partial charge in [0.2, 0.25) is 0 Å². The Morgan fingerprint density at radius 3 is 1.10 bits per heavy atom. The molecule has 0 aliphatic heterocycles. The summed E-state index contributed by atoms with van der Waals surface area (Å²) in [6, 6.07) is 28.0. The minimum atomic E-state index is -4.88. The molecule has 9 rings (SSSR count). The maximum absolute atomic E-state index is 13.7. The number of anilines is 4. The topological polar surface area (TPSA) is 199 Å². The molecule has 7 aromatic carbocycles. The van der Waals surface area contributed by atoms with Crippen molar-refractivity contribution < 1.29 is 62.6 Å². The molecule has 10 nitrogen and oxygen atoms in total. The highest BCUT2D eigenvalue weighted by molar-refractivity contribution is 5.89. The van der Waals surface area contributed by atoms with E-state index in [1.165, 1.54) is 12.1 Å². The van der Waals surface area contributed by atoms with Crippen molar-refractivity contribution in [2.75, 3.05) is 22.9 Å². The largest absolute Gasteiger partial charge is 0.478 e. The number of nitrogens with zero attached hydrogens (tertiary/aromatic N) is 2.